The molecular weight excluding hydrogens is 709 g/mol. The standard InChI is InChI=1S/C59H38/c1-59(2)53-15-4-3-14-48(53)49-29-25-44(34-54(49)59)46-27-24-42(33-52(46)47-28-21-40-19-17-36-9-6-11-38-23-31-51(47)58(40)56(36)38)41-12-7-13-43(32-41)45-26-20-39-18-16-35-8-5-10-37-22-30-50(45)57(39)55(35)37/h3-34H,1-2H3. The molecule has 0 N–H and O–H groups in total. The number of rotatable bonds is 4. The second-order valence-corrected chi connectivity index (χ2v) is 17.2. The Bertz CT molecular complexity index is 3660. The third kappa shape index (κ3) is 4.60. The first-order valence-electron chi connectivity index (χ1n) is 20.8. The van der Waals surface area contributed by atoms with Gasteiger partial charge >= 0.3 is 0 Å². The maximum absolute atomic E-state index is 2.47. The Hall–Kier alpha value is -7.28. The third-order valence-corrected chi connectivity index (χ3v) is 13.8. The maximum Gasteiger partial charge on any atom is 0.0159 e. The Morgan fingerprint density at radius 2 is 0.712 bits per heavy atom. The summed E-state index contributed by atoms with van der Waals surface area (Å²) in [4.78, 5) is 0. The van der Waals surface area contributed by atoms with Gasteiger partial charge in [-0.15, -0.1) is 0 Å². The van der Waals surface area contributed by atoms with E-state index in [4.69, 9.17) is 0 Å². The molecule has 12 aromatic rings. The zero-order chi connectivity index (χ0) is 39.0. The normalized spacial score (nSPS) is 13.4. The van der Waals surface area contributed by atoms with Crippen LogP contribution in [0.2, 0.25) is 0 Å². The second-order valence-electron chi connectivity index (χ2n) is 17.2. The van der Waals surface area contributed by atoms with E-state index in [9.17, 15) is 0 Å². The van der Waals surface area contributed by atoms with Crippen LogP contribution < -0.4 is 0 Å². The lowest BCUT2D eigenvalue weighted by molar-refractivity contribution is 0.660. The highest BCUT2D eigenvalue weighted by atomic mass is 14.4. The first kappa shape index (κ1) is 32.8. The van der Waals surface area contributed by atoms with Gasteiger partial charge in [0.15, 0.2) is 0 Å². The molecule has 0 heterocycles. The molecule has 1 aliphatic rings. The van der Waals surface area contributed by atoms with Gasteiger partial charge in [0.1, 0.15) is 0 Å². The first-order chi connectivity index (χ1) is 29.0. The van der Waals surface area contributed by atoms with Crippen molar-refractivity contribution in [1.29, 1.82) is 0 Å². The summed E-state index contributed by atoms with van der Waals surface area (Å²) in [5.74, 6) is 0. The summed E-state index contributed by atoms with van der Waals surface area (Å²) in [6.45, 7) is 4.75. The molecule has 0 spiro atoms. The van der Waals surface area contributed by atoms with E-state index in [2.05, 4.69) is 208 Å². The molecule has 0 aromatic heterocycles. The van der Waals surface area contributed by atoms with Crippen molar-refractivity contribution in [2.45, 2.75) is 19.3 Å². The first-order valence-corrected chi connectivity index (χ1v) is 20.8. The summed E-state index contributed by atoms with van der Waals surface area (Å²) in [7, 11) is 0. The van der Waals surface area contributed by atoms with Crippen LogP contribution in [0.25, 0.3) is 120 Å². The summed E-state index contributed by atoms with van der Waals surface area (Å²) in [6.07, 6.45) is 0. The molecule has 0 saturated heterocycles. The minimum Gasteiger partial charge on any atom is -0.0619 e. The summed E-state index contributed by atoms with van der Waals surface area (Å²) in [5, 5.41) is 15.7. The Balaban J connectivity index is 1.03. The van der Waals surface area contributed by atoms with E-state index in [0.717, 1.165) is 0 Å². The fourth-order valence-corrected chi connectivity index (χ4v) is 10.9. The van der Waals surface area contributed by atoms with Crippen LogP contribution >= 0.6 is 0 Å². The largest absolute Gasteiger partial charge is 0.0619 e. The van der Waals surface area contributed by atoms with Crippen molar-refractivity contribution in [3.8, 4) is 55.6 Å². The van der Waals surface area contributed by atoms with Crippen LogP contribution in [-0.2, 0) is 5.41 Å². The Morgan fingerprint density at radius 3 is 1.41 bits per heavy atom. The molecule has 0 unspecified atom stereocenters. The summed E-state index contributed by atoms with van der Waals surface area (Å²) in [5.41, 5.74) is 15.3. The molecule has 0 amide bonds. The molecular formula is C59H38. The van der Waals surface area contributed by atoms with Crippen molar-refractivity contribution in [2.75, 3.05) is 0 Å². The Morgan fingerprint density at radius 1 is 0.254 bits per heavy atom. The van der Waals surface area contributed by atoms with Gasteiger partial charge in [-0.3, -0.25) is 0 Å². The minimum atomic E-state index is -0.0827. The second kappa shape index (κ2) is 11.9. The molecule has 13 rings (SSSR count). The number of benzene rings is 12. The van der Waals surface area contributed by atoms with Crippen molar-refractivity contribution in [1.82, 2.24) is 0 Å². The van der Waals surface area contributed by atoms with E-state index < -0.39 is 0 Å². The van der Waals surface area contributed by atoms with E-state index in [1.54, 1.807) is 0 Å². The molecule has 12 aromatic carbocycles. The summed E-state index contributed by atoms with van der Waals surface area (Å²) >= 11 is 0. The van der Waals surface area contributed by atoms with Crippen LogP contribution in [0, 0.1) is 0 Å². The lowest BCUT2D eigenvalue weighted by Gasteiger charge is -2.23. The van der Waals surface area contributed by atoms with E-state index in [1.165, 1.54) is 131 Å². The van der Waals surface area contributed by atoms with Gasteiger partial charge in [-0.1, -0.05) is 190 Å². The molecule has 0 aliphatic heterocycles. The molecule has 1 aliphatic carbocycles. The van der Waals surface area contributed by atoms with Crippen LogP contribution in [-0.4, -0.2) is 0 Å². The monoisotopic (exact) mass is 746 g/mol. The van der Waals surface area contributed by atoms with E-state index in [1.807, 2.05) is 0 Å². The highest BCUT2D eigenvalue weighted by Gasteiger charge is 2.35. The van der Waals surface area contributed by atoms with Crippen LogP contribution in [0.5, 0.6) is 0 Å². The average Bonchev–Trinajstić information content (AvgIpc) is 3.52. The molecule has 59 heavy (non-hydrogen) atoms. The minimum absolute atomic E-state index is 0.0827. The van der Waals surface area contributed by atoms with Crippen LogP contribution in [0.1, 0.15) is 25.0 Å². The predicted octanol–water partition coefficient (Wildman–Crippen LogP) is 16.5. The number of fused-ring (bicyclic) bond motifs is 3. The molecule has 0 radical (unpaired) electrons. The number of hydrogen-bond acceptors (Lipinski definition) is 0. The topological polar surface area (TPSA) is 0 Å². The van der Waals surface area contributed by atoms with E-state index >= 15 is 0 Å². The van der Waals surface area contributed by atoms with Gasteiger partial charge in [-0.05, 0) is 150 Å². The lowest BCUT2D eigenvalue weighted by atomic mass is 9.80. The molecule has 0 saturated carbocycles. The van der Waals surface area contributed by atoms with Gasteiger partial charge in [-0.2, -0.15) is 0 Å². The van der Waals surface area contributed by atoms with E-state index in [0.29, 0.717) is 0 Å². The molecule has 0 heteroatoms. The SMILES string of the molecule is CC1(C)c2ccccc2-c2ccc(-c3ccc(-c4cccc(-c5ccc6ccc7cccc8ccc5c6c78)c4)cc3-c3ccc4ccc5cccc6ccc3c4c56)cc21. The summed E-state index contributed by atoms with van der Waals surface area (Å²) in [6, 6.07) is 73.4. The van der Waals surface area contributed by atoms with Crippen LogP contribution in [0.4, 0.5) is 0 Å². The van der Waals surface area contributed by atoms with Gasteiger partial charge in [0, 0.05) is 5.41 Å². The van der Waals surface area contributed by atoms with Gasteiger partial charge in [0.25, 0.3) is 0 Å². The van der Waals surface area contributed by atoms with Crippen molar-refractivity contribution >= 4 is 64.6 Å². The van der Waals surface area contributed by atoms with E-state index in [-0.39, 0.29) is 5.41 Å². The molecule has 0 bridgehead atoms. The quantitative estimate of drug-likeness (QED) is 0.157. The van der Waals surface area contributed by atoms with Gasteiger partial charge < -0.3 is 0 Å². The highest BCUT2D eigenvalue weighted by Crippen LogP contribution is 2.51. The van der Waals surface area contributed by atoms with Crippen molar-refractivity contribution in [3.63, 3.8) is 0 Å². The zero-order valence-electron chi connectivity index (χ0n) is 33.0. The van der Waals surface area contributed by atoms with Crippen molar-refractivity contribution in [2.24, 2.45) is 0 Å². The molecule has 0 atom stereocenters. The smallest absolute Gasteiger partial charge is 0.0159 e. The van der Waals surface area contributed by atoms with Gasteiger partial charge in [0.05, 0.1) is 0 Å². The third-order valence-electron chi connectivity index (χ3n) is 13.8. The number of hydrogen-bond donors (Lipinski definition) is 0. The molecule has 274 valence electrons. The fraction of sp³-hybridized carbons (Fsp3) is 0.0508. The van der Waals surface area contributed by atoms with Crippen LogP contribution in [0.3, 0.4) is 0 Å². The highest BCUT2D eigenvalue weighted by molar-refractivity contribution is 6.27. The summed E-state index contributed by atoms with van der Waals surface area (Å²) < 4.78 is 0. The fourth-order valence-electron chi connectivity index (χ4n) is 10.9. The maximum atomic E-state index is 2.47. The lowest BCUT2D eigenvalue weighted by Crippen LogP contribution is -2.14. The predicted molar refractivity (Wildman–Crippen MR) is 253 cm³/mol. The molecule has 0 fully saturated rings. The van der Waals surface area contributed by atoms with Crippen molar-refractivity contribution < 1.29 is 0 Å². The van der Waals surface area contributed by atoms with Crippen molar-refractivity contribution in [3.05, 3.63) is 205 Å². The zero-order valence-corrected chi connectivity index (χ0v) is 33.0. The van der Waals surface area contributed by atoms with Gasteiger partial charge in [0.2, 0.25) is 0 Å². The molecule has 0 nitrogen and oxygen atoms in total. The Kier molecular flexibility index (Phi) is 6.60. The van der Waals surface area contributed by atoms with Crippen LogP contribution in [0.15, 0.2) is 194 Å². The van der Waals surface area contributed by atoms with Gasteiger partial charge in [-0.25, -0.2) is 0 Å². The average molecular weight is 747 g/mol. The Labute approximate surface area is 343 Å².